The average molecular weight is 412 g/mol. The molecule has 1 heterocycles. The summed E-state index contributed by atoms with van der Waals surface area (Å²) in [4.78, 5) is 0. The minimum absolute atomic E-state index is 0.0613. The molecular formula is C28H30NP. The molecule has 1 aliphatic heterocycles. The van der Waals surface area contributed by atoms with Crippen LogP contribution in [0.3, 0.4) is 0 Å². The van der Waals surface area contributed by atoms with Gasteiger partial charge in [-0.05, 0) is 51.4 Å². The van der Waals surface area contributed by atoms with Gasteiger partial charge in [0.2, 0.25) is 0 Å². The van der Waals surface area contributed by atoms with Gasteiger partial charge in [-0.1, -0.05) is 90.1 Å². The summed E-state index contributed by atoms with van der Waals surface area (Å²) in [6, 6.07) is 26.9. The predicted octanol–water partition coefficient (Wildman–Crippen LogP) is 8.73. The van der Waals surface area contributed by atoms with Gasteiger partial charge in [0.15, 0.2) is 0 Å². The quantitative estimate of drug-likeness (QED) is 0.257. The summed E-state index contributed by atoms with van der Waals surface area (Å²) in [5.41, 5.74) is 3.82. The van der Waals surface area contributed by atoms with E-state index in [4.69, 9.17) is 4.74 Å². The fourth-order valence-electron chi connectivity index (χ4n) is 5.48. The highest BCUT2D eigenvalue weighted by molar-refractivity contribution is 7.77. The molecule has 0 fully saturated rings. The Kier molecular flexibility index (Phi) is 4.12. The van der Waals surface area contributed by atoms with Crippen molar-refractivity contribution in [2.24, 2.45) is 4.74 Å². The van der Waals surface area contributed by atoms with Gasteiger partial charge in [0.05, 0.1) is 5.69 Å². The van der Waals surface area contributed by atoms with Crippen molar-refractivity contribution in [3.05, 3.63) is 72.8 Å². The molecule has 0 amide bonds. The largest absolute Gasteiger partial charge is 0.261 e. The molecular weight excluding hydrogens is 381 g/mol. The molecule has 0 bridgehead atoms. The molecule has 0 radical (unpaired) electrons. The van der Waals surface area contributed by atoms with Gasteiger partial charge in [-0.2, -0.15) is 0 Å². The Balaban J connectivity index is 2.03. The highest BCUT2D eigenvalue weighted by Gasteiger charge is 2.47. The summed E-state index contributed by atoms with van der Waals surface area (Å²) in [6.45, 7) is 14.3. The molecule has 0 saturated carbocycles. The number of hydrogen-bond acceptors (Lipinski definition) is 1. The third-order valence-corrected chi connectivity index (χ3v) is 12.0. The zero-order valence-corrected chi connectivity index (χ0v) is 19.7. The van der Waals surface area contributed by atoms with Gasteiger partial charge in [-0.3, -0.25) is 4.74 Å². The van der Waals surface area contributed by atoms with Crippen LogP contribution >= 0.6 is 7.05 Å². The van der Waals surface area contributed by atoms with Gasteiger partial charge in [0.1, 0.15) is 0 Å². The third-order valence-electron chi connectivity index (χ3n) is 6.57. The number of fused-ring (bicyclic) bond motifs is 5. The zero-order chi connectivity index (χ0) is 21.3. The van der Waals surface area contributed by atoms with Crippen molar-refractivity contribution < 1.29 is 0 Å². The summed E-state index contributed by atoms with van der Waals surface area (Å²) in [7, 11) is -1.94. The van der Waals surface area contributed by atoms with Crippen LogP contribution in [-0.4, -0.2) is 10.3 Å². The lowest BCUT2D eigenvalue weighted by Crippen LogP contribution is -2.36. The van der Waals surface area contributed by atoms with Crippen LogP contribution in [0.25, 0.3) is 32.7 Å². The van der Waals surface area contributed by atoms with E-state index in [9.17, 15) is 0 Å². The van der Waals surface area contributed by atoms with E-state index in [2.05, 4.69) is 114 Å². The van der Waals surface area contributed by atoms with Crippen LogP contribution in [0.1, 0.15) is 41.5 Å². The first-order valence-electron chi connectivity index (χ1n) is 10.8. The lowest BCUT2D eigenvalue weighted by atomic mass is 9.97. The van der Waals surface area contributed by atoms with Gasteiger partial charge in [-0.15, -0.1) is 0 Å². The highest BCUT2D eigenvalue weighted by atomic mass is 31.2. The Labute approximate surface area is 180 Å². The van der Waals surface area contributed by atoms with Crippen molar-refractivity contribution in [3.8, 4) is 11.1 Å². The Bertz CT molecular complexity index is 1350. The monoisotopic (exact) mass is 411 g/mol. The molecule has 0 aromatic heterocycles. The summed E-state index contributed by atoms with van der Waals surface area (Å²) < 4.78 is 5.73. The van der Waals surface area contributed by atoms with Gasteiger partial charge in [0.25, 0.3) is 0 Å². The Morgan fingerprint density at radius 2 is 1.00 bits per heavy atom. The van der Waals surface area contributed by atoms with Crippen molar-refractivity contribution in [2.75, 3.05) is 0 Å². The molecule has 5 rings (SSSR count). The maximum Gasteiger partial charge on any atom is 0.0702 e. The van der Waals surface area contributed by atoms with Crippen molar-refractivity contribution in [3.63, 3.8) is 0 Å². The Morgan fingerprint density at radius 1 is 0.567 bits per heavy atom. The van der Waals surface area contributed by atoms with E-state index < -0.39 is 7.05 Å². The lowest BCUT2D eigenvalue weighted by Gasteiger charge is -2.49. The lowest BCUT2D eigenvalue weighted by molar-refractivity contribution is 0.703. The van der Waals surface area contributed by atoms with Crippen molar-refractivity contribution in [2.45, 2.75) is 51.9 Å². The Hall–Kier alpha value is -2.37. The summed E-state index contributed by atoms with van der Waals surface area (Å²) in [5.74, 6) is 0. The molecule has 0 saturated heterocycles. The second kappa shape index (κ2) is 6.32. The normalized spacial score (nSPS) is 15.5. The van der Waals surface area contributed by atoms with Crippen LogP contribution in [0.2, 0.25) is 0 Å². The van der Waals surface area contributed by atoms with E-state index in [1.165, 1.54) is 38.0 Å². The van der Waals surface area contributed by atoms with Crippen LogP contribution in [0.15, 0.2) is 77.5 Å². The topological polar surface area (TPSA) is 12.4 Å². The summed E-state index contributed by atoms with van der Waals surface area (Å²) >= 11 is 0. The molecule has 4 aromatic carbocycles. The van der Waals surface area contributed by atoms with Crippen LogP contribution in [0.4, 0.5) is 5.69 Å². The van der Waals surface area contributed by atoms with E-state index in [0.717, 1.165) is 5.69 Å². The second-order valence-electron chi connectivity index (χ2n) is 10.5. The molecule has 0 spiro atoms. The smallest absolute Gasteiger partial charge is 0.0702 e. The number of benzene rings is 4. The molecule has 0 unspecified atom stereocenters. The molecule has 2 heteroatoms. The maximum absolute atomic E-state index is 5.73. The van der Waals surface area contributed by atoms with E-state index >= 15 is 0 Å². The van der Waals surface area contributed by atoms with E-state index in [0.29, 0.717) is 0 Å². The third kappa shape index (κ3) is 2.65. The van der Waals surface area contributed by atoms with Crippen molar-refractivity contribution in [1.29, 1.82) is 0 Å². The van der Waals surface area contributed by atoms with E-state index in [-0.39, 0.29) is 10.3 Å². The van der Waals surface area contributed by atoms with Gasteiger partial charge in [0, 0.05) is 28.2 Å². The average Bonchev–Trinajstić information content (AvgIpc) is 2.68. The SMILES string of the molecule is CC(C)(C)P1(C(C)(C)C)=Nc2cc3ccccc3cc2-c2cc3ccccc3cc21. The van der Waals surface area contributed by atoms with Crippen molar-refractivity contribution >= 4 is 39.6 Å². The van der Waals surface area contributed by atoms with Gasteiger partial charge < -0.3 is 0 Å². The first-order valence-corrected chi connectivity index (χ1v) is 12.6. The summed E-state index contributed by atoms with van der Waals surface area (Å²) in [5, 5.41) is 6.75. The number of rotatable bonds is 0. The maximum atomic E-state index is 5.73. The van der Waals surface area contributed by atoms with Crippen LogP contribution < -0.4 is 5.30 Å². The van der Waals surface area contributed by atoms with Crippen LogP contribution in [0.5, 0.6) is 0 Å². The summed E-state index contributed by atoms with van der Waals surface area (Å²) in [6.07, 6.45) is 0. The Morgan fingerprint density at radius 3 is 1.50 bits per heavy atom. The fourth-order valence-corrected chi connectivity index (χ4v) is 11.0. The molecule has 1 aliphatic rings. The molecule has 0 N–H and O–H groups in total. The van der Waals surface area contributed by atoms with Crippen molar-refractivity contribution in [1.82, 2.24) is 0 Å². The number of hydrogen-bond donors (Lipinski definition) is 0. The van der Waals surface area contributed by atoms with Gasteiger partial charge in [-0.25, -0.2) is 0 Å². The molecule has 4 aromatic rings. The highest BCUT2D eigenvalue weighted by Crippen LogP contribution is 2.72. The molecule has 1 nitrogen and oxygen atoms in total. The number of nitrogens with zero attached hydrogens (tertiary/aromatic N) is 1. The minimum atomic E-state index is -1.94. The van der Waals surface area contributed by atoms with Crippen LogP contribution in [-0.2, 0) is 0 Å². The molecule has 152 valence electrons. The van der Waals surface area contributed by atoms with E-state index in [1.807, 2.05) is 0 Å². The van der Waals surface area contributed by atoms with Gasteiger partial charge >= 0.3 is 0 Å². The first-order chi connectivity index (χ1) is 14.1. The fraction of sp³-hybridized carbons (Fsp3) is 0.286. The van der Waals surface area contributed by atoms with Crippen LogP contribution in [0, 0.1) is 0 Å². The zero-order valence-electron chi connectivity index (χ0n) is 18.8. The molecule has 0 atom stereocenters. The second-order valence-corrected chi connectivity index (χ2v) is 15.1. The standard InChI is InChI=1S/C28H30NP/c1-27(2,3)30(28(4,5)6)26-18-22-14-10-8-12-20(22)16-24(26)23-15-19-11-7-9-13-21(19)17-25(23)29-30/h7-18H,1-6H3. The first kappa shape index (κ1) is 19.6. The molecule has 0 aliphatic carbocycles. The molecule has 30 heavy (non-hydrogen) atoms. The van der Waals surface area contributed by atoms with E-state index in [1.54, 1.807) is 0 Å². The minimum Gasteiger partial charge on any atom is -0.261 e. The predicted molar refractivity (Wildman–Crippen MR) is 135 cm³/mol.